The summed E-state index contributed by atoms with van der Waals surface area (Å²) in [5.41, 5.74) is 6.45. The van der Waals surface area contributed by atoms with Gasteiger partial charge in [-0.15, -0.1) is 0 Å². The SMILES string of the molecule is NCCCS(=O)(=O)N1CCN(c2ccc(Cl)cc2)CC1. The second kappa shape index (κ2) is 6.76. The summed E-state index contributed by atoms with van der Waals surface area (Å²) >= 11 is 5.87. The molecule has 1 aromatic rings. The van der Waals surface area contributed by atoms with Crippen LogP contribution < -0.4 is 10.6 Å². The molecule has 0 amide bonds. The summed E-state index contributed by atoms with van der Waals surface area (Å²) in [6.07, 6.45) is 0.514. The molecule has 1 aliphatic heterocycles. The van der Waals surface area contributed by atoms with Gasteiger partial charge in [-0.05, 0) is 37.2 Å². The van der Waals surface area contributed by atoms with E-state index in [4.69, 9.17) is 17.3 Å². The fraction of sp³-hybridized carbons (Fsp3) is 0.538. The quantitative estimate of drug-likeness (QED) is 0.884. The third kappa shape index (κ3) is 3.85. The number of hydrogen-bond acceptors (Lipinski definition) is 4. The second-order valence-electron chi connectivity index (χ2n) is 4.82. The minimum absolute atomic E-state index is 0.143. The molecule has 2 N–H and O–H groups in total. The summed E-state index contributed by atoms with van der Waals surface area (Å²) in [6, 6.07) is 7.62. The molecule has 0 bridgehead atoms. The van der Waals surface area contributed by atoms with E-state index in [-0.39, 0.29) is 5.75 Å². The number of benzene rings is 1. The van der Waals surface area contributed by atoms with Crippen molar-refractivity contribution in [3.05, 3.63) is 29.3 Å². The van der Waals surface area contributed by atoms with Crippen LogP contribution in [0.5, 0.6) is 0 Å². The first kappa shape index (κ1) is 15.6. The molecule has 5 nitrogen and oxygen atoms in total. The lowest BCUT2D eigenvalue weighted by Gasteiger charge is -2.35. The molecule has 1 saturated heterocycles. The standard InChI is InChI=1S/C13H20ClN3O2S/c14-12-2-4-13(5-3-12)16-7-9-17(10-8-16)20(18,19)11-1-6-15/h2-5H,1,6-11,15H2. The molecule has 20 heavy (non-hydrogen) atoms. The Labute approximate surface area is 125 Å². The summed E-state index contributed by atoms with van der Waals surface area (Å²) in [6.45, 7) is 2.85. The summed E-state index contributed by atoms with van der Waals surface area (Å²) in [7, 11) is -3.15. The van der Waals surface area contributed by atoms with E-state index in [0.29, 0.717) is 44.2 Å². The number of rotatable bonds is 5. The van der Waals surface area contributed by atoms with Crippen molar-refractivity contribution in [2.75, 3.05) is 43.4 Å². The lowest BCUT2D eigenvalue weighted by Crippen LogP contribution is -2.49. The molecule has 1 heterocycles. The van der Waals surface area contributed by atoms with Gasteiger partial charge in [-0.25, -0.2) is 8.42 Å². The third-order valence-electron chi connectivity index (χ3n) is 3.43. The van der Waals surface area contributed by atoms with Gasteiger partial charge in [0, 0.05) is 36.9 Å². The zero-order chi connectivity index (χ0) is 14.6. The average Bonchev–Trinajstić information content (AvgIpc) is 2.46. The fourth-order valence-electron chi connectivity index (χ4n) is 2.27. The first-order valence-electron chi connectivity index (χ1n) is 6.71. The van der Waals surface area contributed by atoms with E-state index in [2.05, 4.69) is 4.90 Å². The molecule has 7 heteroatoms. The zero-order valence-corrected chi connectivity index (χ0v) is 12.9. The maximum atomic E-state index is 12.1. The van der Waals surface area contributed by atoms with Gasteiger partial charge in [0.05, 0.1) is 5.75 Å². The van der Waals surface area contributed by atoms with Crippen LogP contribution in [0.3, 0.4) is 0 Å². The van der Waals surface area contributed by atoms with Gasteiger partial charge in [0.15, 0.2) is 0 Å². The Kier molecular flexibility index (Phi) is 5.26. The largest absolute Gasteiger partial charge is 0.369 e. The first-order valence-corrected chi connectivity index (χ1v) is 8.70. The van der Waals surface area contributed by atoms with E-state index in [0.717, 1.165) is 5.69 Å². The van der Waals surface area contributed by atoms with Crippen LogP contribution in [0.1, 0.15) is 6.42 Å². The van der Waals surface area contributed by atoms with Crippen LogP contribution in [0.25, 0.3) is 0 Å². The topological polar surface area (TPSA) is 66.6 Å². The molecule has 0 atom stereocenters. The first-order chi connectivity index (χ1) is 9.53. The van der Waals surface area contributed by atoms with Crippen molar-refractivity contribution < 1.29 is 8.42 Å². The number of piperazine rings is 1. The summed E-state index contributed by atoms with van der Waals surface area (Å²) in [5, 5.41) is 0.705. The summed E-state index contributed by atoms with van der Waals surface area (Å²) in [4.78, 5) is 2.17. The molecule has 1 aliphatic rings. The van der Waals surface area contributed by atoms with E-state index in [1.807, 2.05) is 24.3 Å². The smallest absolute Gasteiger partial charge is 0.214 e. The lowest BCUT2D eigenvalue weighted by atomic mass is 10.2. The van der Waals surface area contributed by atoms with Crippen molar-refractivity contribution in [2.45, 2.75) is 6.42 Å². The monoisotopic (exact) mass is 317 g/mol. The predicted molar refractivity (Wildman–Crippen MR) is 82.7 cm³/mol. The number of halogens is 1. The maximum Gasteiger partial charge on any atom is 0.214 e. The Bertz CT molecular complexity index is 525. The number of nitrogens with two attached hydrogens (primary N) is 1. The molecule has 0 aliphatic carbocycles. The molecule has 0 aromatic heterocycles. The lowest BCUT2D eigenvalue weighted by molar-refractivity contribution is 0.384. The molecule has 112 valence electrons. The van der Waals surface area contributed by atoms with Crippen LogP contribution in [0.2, 0.25) is 5.02 Å². The van der Waals surface area contributed by atoms with Gasteiger partial charge < -0.3 is 10.6 Å². The summed E-state index contributed by atoms with van der Waals surface area (Å²) < 4.78 is 25.7. The highest BCUT2D eigenvalue weighted by molar-refractivity contribution is 7.89. The maximum absolute atomic E-state index is 12.1. The van der Waals surface area contributed by atoms with Crippen molar-refractivity contribution >= 4 is 27.3 Å². The van der Waals surface area contributed by atoms with Gasteiger partial charge in [0.2, 0.25) is 10.0 Å². The summed E-state index contributed by atoms with van der Waals surface area (Å²) in [5.74, 6) is 0.143. The number of hydrogen-bond donors (Lipinski definition) is 1. The minimum Gasteiger partial charge on any atom is -0.369 e. The third-order valence-corrected chi connectivity index (χ3v) is 5.64. The van der Waals surface area contributed by atoms with Crippen LogP contribution in [-0.4, -0.2) is 51.2 Å². The van der Waals surface area contributed by atoms with Crippen molar-refractivity contribution in [1.82, 2.24) is 4.31 Å². The Hall–Kier alpha value is -0.820. The molecule has 0 spiro atoms. The van der Waals surface area contributed by atoms with Crippen molar-refractivity contribution in [3.63, 3.8) is 0 Å². The highest BCUT2D eigenvalue weighted by Crippen LogP contribution is 2.20. The molecule has 2 rings (SSSR count). The average molecular weight is 318 g/mol. The van der Waals surface area contributed by atoms with Gasteiger partial charge in [-0.3, -0.25) is 0 Å². The molecule has 0 saturated carbocycles. The number of nitrogens with zero attached hydrogens (tertiary/aromatic N) is 2. The van der Waals surface area contributed by atoms with Crippen LogP contribution >= 0.6 is 11.6 Å². The van der Waals surface area contributed by atoms with E-state index in [1.165, 1.54) is 0 Å². The van der Waals surface area contributed by atoms with Gasteiger partial charge >= 0.3 is 0 Å². The van der Waals surface area contributed by atoms with Gasteiger partial charge in [0.25, 0.3) is 0 Å². The second-order valence-corrected chi connectivity index (χ2v) is 7.35. The predicted octanol–water partition coefficient (Wildman–Crippen LogP) is 1.14. The van der Waals surface area contributed by atoms with Gasteiger partial charge in [-0.2, -0.15) is 4.31 Å². The van der Waals surface area contributed by atoms with Crippen LogP contribution in [0.15, 0.2) is 24.3 Å². The van der Waals surface area contributed by atoms with E-state index >= 15 is 0 Å². The molecule has 1 fully saturated rings. The Morgan fingerprint density at radius 1 is 1.10 bits per heavy atom. The molecule has 0 unspecified atom stereocenters. The van der Waals surface area contributed by atoms with Crippen LogP contribution in [-0.2, 0) is 10.0 Å². The Morgan fingerprint density at radius 3 is 2.25 bits per heavy atom. The van der Waals surface area contributed by atoms with E-state index < -0.39 is 10.0 Å². The van der Waals surface area contributed by atoms with Crippen molar-refractivity contribution in [2.24, 2.45) is 5.73 Å². The molecule has 1 aromatic carbocycles. The van der Waals surface area contributed by atoms with Crippen molar-refractivity contribution in [1.29, 1.82) is 0 Å². The fourth-order valence-corrected chi connectivity index (χ4v) is 3.91. The van der Waals surface area contributed by atoms with Gasteiger partial charge in [0.1, 0.15) is 0 Å². The van der Waals surface area contributed by atoms with E-state index in [1.54, 1.807) is 4.31 Å². The minimum atomic E-state index is -3.15. The Morgan fingerprint density at radius 2 is 1.70 bits per heavy atom. The Balaban J connectivity index is 1.93. The van der Waals surface area contributed by atoms with Crippen LogP contribution in [0.4, 0.5) is 5.69 Å². The molecule has 0 radical (unpaired) electrons. The van der Waals surface area contributed by atoms with Crippen molar-refractivity contribution in [3.8, 4) is 0 Å². The normalized spacial score (nSPS) is 17.4. The highest BCUT2D eigenvalue weighted by Gasteiger charge is 2.26. The molecular formula is C13H20ClN3O2S. The highest BCUT2D eigenvalue weighted by atomic mass is 35.5. The van der Waals surface area contributed by atoms with Gasteiger partial charge in [-0.1, -0.05) is 11.6 Å². The number of anilines is 1. The zero-order valence-electron chi connectivity index (χ0n) is 11.3. The molecular weight excluding hydrogens is 298 g/mol. The van der Waals surface area contributed by atoms with Crippen LogP contribution in [0, 0.1) is 0 Å². The number of sulfonamides is 1. The van der Waals surface area contributed by atoms with E-state index in [9.17, 15) is 8.42 Å².